The number of methoxy groups -OCH3 is 1. The summed E-state index contributed by atoms with van der Waals surface area (Å²) in [5.74, 6) is -1.14. The Kier molecular flexibility index (Phi) is 3.68. The van der Waals surface area contributed by atoms with E-state index in [1.165, 1.54) is 18.1 Å². The number of ether oxygens (including phenoxy) is 1. The molecule has 1 amide bonds. The summed E-state index contributed by atoms with van der Waals surface area (Å²) in [4.78, 5) is 24.6. The van der Waals surface area contributed by atoms with Gasteiger partial charge < -0.3 is 9.64 Å². The molecule has 1 aromatic heterocycles. The Morgan fingerprint density at radius 2 is 2.22 bits per heavy atom. The van der Waals surface area contributed by atoms with Gasteiger partial charge in [0.1, 0.15) is 0 Å². The minimum absolute atomic E-state index is 0.0678. The maximum Gasteiger partial charge on any atom is 0.311 e. The Morgan fingerprint density at radius 3 is 2.89 bits per heavy atom. The maximum absolute atomic E-state index is 11.8. The van der Waals surface area contributed by atoms with Gasteiger partial charge in [-0.2, -0.15) is 0 Å². The van der Waals surface area contributed by atoms with E-state index in [1.54, 1.807) is 0 Å². The van der Waals surface area contributed by atoms with Crippen molar-refractivity contribution in [2.45, 2.75) is 6.42 Å². The molecule has 18 heavy (non-hydrogen) atoms. The van der Waals surface area contributed by atoms with Crippen LogP contribution in [0.1, 0.15) is 6.42 Å². The van der Waals surface area contributed by atoms with Gasteiger partial charge in [-0.25, -0.2) is 0 Å². The third kappa shape index (κ3) is 2.39. The number of aromatic nitrogens is 2. The van der Waals surface area contributed by atoms with Crippen molar-refractivity contribution in [2.75, 3.05) is 18.6 Å². The zero-order valence-corrected chi connectivity index (χ0v) is 10.9. The van der Waals surface area contributed by atoms with Crippen molar-refractivity contribution in [3.63, 3.8) is 0 Å². The molecule has 96 valence electrons. The van der Waals surface area contributed by atoms with Crippen LogP contribution in [-0.2, 0) is 14.3 Å². The smallest absolute Gasteiger partial charge is 0.311 e. The van der Waals surface area contributed by atoms with Crippen molar-refractivity contribution in [1.29, 1.82) is 0 Å². The maximum atomic E-state index is 11.8. The largest absolute Gasteiger partial charge is 0.469 e. The van der Waals surface area contributed by atoms with Crippen molar-refractivity contribution in [1.82, 2.24) is 10.2 Å². The number of nitrogens with zero attached hydrogens (tertiary/aromatic N) is 3. The van der Waals surface area contributed by atoms with Crippen molar-refractivity contribution in [3.8, 4) is 0 Å². The predicted octanol–water partition coefficient (Wildman–Crippen LogP) is 1.31. The van der Waals surface area contributed by atoms with Crippen LogP contribution in [0.5, 0.6) is 0 Å². The second kappa shape index (κ2) is 5.07. The fourth-order valence-corrected chi connectivity index (χ4v) is 2.13. The molecule has 2 heterocycles. The molecule has 0 aromatic carbocycles. The lowest BCUT2D eigenvalue weighted by Crippen LogP contribution is -2.26. The average molecular weight is 290 g/mol. The van der Waals surface area contributed by atoms with Crippen molar-refractivity contribution < 1.29 is 14.3 Å². The van der Waals surface area contributed by atoms with E-state index in [0.29, 0.717) is 5.69 Å². The lowest BCUT2D eigenvalue weighted by atomic mass is 10.1. The summed E-state index contributed by atoms with van der Waals surface area (Å²) in [6.07, 6.45) is 0.0863. The van der Waals surface area contributed by atoms with Gasteiger partial charge in [-0.05, 0) is 0 Å². The number of anilines is 1. The standard InChI is InChI=1S/C10H9Cl2N3O3/c1-18-10(17)5-2-8(16)15(4-5)6-3-7(11)13-14-9(6)12/h3,5H,2,4H2,1H3. The number of hydrogen-bond donors (Lipinski definition) is 0. The number of carbonyl (C=O) groups excluding carboxylic acids is 2. The molecule has 1 atom stereocenters. The SMILES string of the molecule is COC(=O)C1CC(=O)N(c2cc(Cl)nnc2Cl)C1. The molecular weight excluding hydrogens is 281 g/mol. The molecule has 0 spiro atoms. The van der Waals surface area contributed by atoms with Crippen molar-refractivity contribution >= 4 is 40.8 Å². The second-order valence-corrected chi connectivity index (χ2v) is 4.52. The molecule has 1 aliphatic rings. The highest BCUT2D eigenvalue weighted by Crippen LogP contribution is 2.31. The van der Waals surface area contributed by atoms with Crippen molar-refractivity contribution in [3.05, 3.63) is 16.4 Å². The Balaban J connectivity index is 2.27. The van der Waals surface area contributed by atoms with Crippen LogP contribution < -0.4 is 4.90 Å². The summed E-state index contributed by atoms with van der Waals surface area (Å²) in [7, 11) is 1.29. The number of amides is 1. The summed E-state index contributed by atoms with van der Waals surface area (Å²) < 4.78 is 4.62. The van der Waals surface area contributed by atoms with Crippen molar-refractivity contribution in [2.24, 2.45) is 5.92 Å². The number of esters is 1. The van der Waals surface area contributed by atoms with Crippen LogP contribution in [0, 0.1) is 5.92 Å². The Bertz CT molecular complexity index is 509. The van der Waals surface area contributed by atoms with Crippen LogP contribution in [0.25, 0.3) is 0 Å². The first-order chi connectivity index (χ1) is 8.52. The molecule has 1 fully saturated rings. The molecule has 1 aromatic rings. The van der Waals surface area contributed by atoms with E-state index in [9.17, 15) is 9.59 Å². The molecule has 1 aliphatic heterocycles. The Hall–Kier alpha value is -1.40. The Labute approximate surface area is 113 Å². The highest BCUT2D eigenvalue weighted by atomic mass is 35.5. The topological polar surface area (TPSA) is 72.4 Å². The van der Waals surface area contributed by atoms with Crippen LogP contribution in [0.15, 0.2) is 6.07 Å². The van der Waals surface area contributed by atoms with Gasteiger partial charge in [-0.1, -0.05) is 23.2 Å². The van der Waals surface area contributed by atoms with Gasteiger partial charge in [0.2, 0.25) is 5.91 Å². The zero-order chi connectivity index (χ0) is 13.3. The van der Waals surface area contributed by atoms with E-state index in [-0.39, 0.29) is 29.2 Å². The third-order valence-electron chi connectivity index (χ3n) is 2.65. The molecule has 0 bridgehead atoms. The number of rotatable bonds is 2. The Morgan fingerprint density at radius 1 is 1.50 bits per heavy atom. The van der Waals surface area contributed by atoms with E-state index in [2.05, 4.69) is 14.9 Å². The van der Waals surface area contributed by atoms with Crippen LogP contribution >= 0.6 is 23.2 Å². The van der Waals surface area contributed by atoms with Crippen LogP contribution in [-0.4, -0.2) is 35.7 Å². The molecule has 0 N–H and O–H groups in total. The van der Waals surface area contributed by atoms with Crippen LogP contribution in [0.2, 0.25) is 10.3 Å². The van der Waals surface area contributed by atoms with Gasteiger partial charge in [-0.15, -0.1) is 10.2 Å². The van der Waals surface area contributed by atoms with E-state index in [0.717, 1.165) is 0 Å². The fourth-order valence-electron chi connectivity index (χ4n) is 1.80. The molecule has 0 aliphatic carbocycles. The zero-order valence-electron chi connectivity index (χ0n) is 9.39. The van der Waals surface area contributed by atoms with E-state index in [4.69, 9.17) is 23.2 Å². The number of halogens is 2. The van der Waals surface area contributed by atoms with E-state index in [1.807, 2.05) is 0 Å². The van der Waals surface area contributed by atoms with Gasteiger partial charge in [-0.3, -0.25) is 9.59 Å². The fraction of sp³-hybridized carbons (Fsp3) is 0.400. The van der Waals surface area contributed by atoms with Gasteiger partial charge >= 0.3 is 5.97 Å². The first-order valence-corrected chi connectivity index (χ1v) is 5.85. The quantitative estimate of drug-likeness (QED) is 0.768. The number of carbonyl (C=O) groups is 2. The first-order valence-electron chi connectivity index (χ1n) is 5.10. The third-order valence-corrected chi connectivity index (χ3v) is 3.10. The van der Waals surface area contributed by atoms with Gasteiger partial charge in [0.15, 0.2) is 10.3 Å². The molecule has 1 saturated heterocycles. The highest BCUT2D eigenvalue weighted by molar-refractivity contribution is 6.34. The van der Waals surface area contributed by atoms with Crippen LogP contribution in [0.4, 0.5) is 5.69 Å². The summed E-state index contributed by atoms with van der Waals surface area (Å²) in [6, 6.07) is 1.44. The molecule has 2 rings (SSSR count). The normalized spacial score (nSPS) is 19.2. The molecule has 0 saturated carbocycles. The molecule has 8 heteroatoms. The molecule has 1 unspecified atom stereocenters. The minimum Gasteiger partial charge on any atom is -0.469 e. The molecule has 0 radical (unpaired) electrons. The predicted molar refractivity (Wildman–Crippen MR) is 64.5 cm³/mol. The summed E-state index contributed by atoms with van der Waals surface area (Å²) in [5.41, 5.74) is 0.355. The number of hydrogen-bond acceptors (Lipinski definition) is 5. The minimum atomic E-state index is -0.495. The molecule has 6 nitrogen and oxygen atoms in total. The van der Waals surface area contributed by atoms with Gasteiger partial charge in [0.05, 0.1) is 18.7 Å². The average Bonchev–Trinajstić information content (AvgIpc) is 2.73. The van der Waals surface area contributed by atoms with E-state index >= 15 is 0 Å². The lowest BCUT2D eigenvalue weighted by molar-refractivity contribution is -0.145. The highest BCUT2D eigenvalue weighted by Gasteiger charge is 2.37. The second-order valence-electron chi connectivity index (χ2n) is 3.77. The lowest BCUT2D eigenvalue weighted by Gasteiger charge is -2.16. The monoisotopic (exact) mass is 289 g/mol. The van der Waals surface area contributed by atoms with E-state index < -0.39 is 11.9 Å². The molecular formula is C10H9Cl2N3O3. The first kappa shape index (κ1) is 13.0. The summed E-state index contributed by atoms with van der Waals surface area (Å²) >= 11 is 11.6. The summed E-state index contributed by atoms with van der Waals surface area (Å²) in [6.45, 7) is 0.202. The summed E-state index contributed by atoms with van der Waals surface area (Å²) in [5, 5.41) is 7.38. The van der Waals surface area contributed by atoms with Gasteiger partial charge in [0.25, 0.3) is 0 Å². The van der Waals surface area contributed by atoms with Crippen LogP contribution in [0.3, 0.4) is 0 Å². The van der Waals surface area contributed by atoms with Gasteiger partial charge in [0, 0.05) is 19.0 Å².